The first-order valence-corrected chi connectivity index (χ1v) is 11.9. The van der Waals surface area contributed by atoms with Gasteiger partial charge in [-0.2, -0.15) is 0 Å². The smallest absolute Gasteiger partial charge is 0.264 e. The fourth-order valence-corrected chi connectivity index (χ4v) is 6.01. The van der Waals surface area contributed by atoms with E-state index in [-0.39, 0.29) is 0 Å². The van der Waals surface area contributed by atoms with Crippen molar-refractivity contribution in [3.8, 4) is 0 Å². The first-order valence-electron chi connectivity index (χ1n) is 9.46. The number of unbranched alkanes of at least 4 members (excludes halogenated alkanes) is 10. The van der Waals surface area contributed by atoms with E-state index in [0.29, 0.717) is 6.61 Å². The molecule has 0 spiro atoms. The van der Waals surface area contributed by atoms with E-state index < -0.39 is 14.1 Å². The van der Waals surface area contributed by atoms with Gasteiger partial charge in [0.1, 0.15) is 0 Å². The lowest BCUT2D eigenvalue weighted by molar-refractivity contribution is 0.317. The molecular weight excluding hydrogens is 259 g/mol. The van der Waals surface area contributed by atoms with Gasteiger partial charge in [-0.15, -0.1) is 0 Å². The zero-order valence-electron chi connectivity index (χ0n) is 14.3. The van der Waals surface area contributed by atoms with Gasteiger partial charge in [0.05, 0.1) is 0 Å². The normalized spacial score (nSPS) is 10.9. The third-order valence-corrected chi connectivity index (χ3v) is 7.99. The van der Waals surface area contributed by atoms with Crippen LogP contribution in [0.2, 0.25) is 15.8 Å². The summed E-state index contributed by atoms with van der Waals surface area (Å²) in [4.78, 5) is 0. The van der Waals surface area contributed by atoms with Gasteiger partial charge in [-0.05, 0) is 0 Å². The topological polar surface area (TPSA) is 20.2 Å². The zero-order valence-corrected chi connectivity index (χ0v) is 15.5. The summed E-state index contributed by atoms with van der Waals surface area (Å²) in [5.41, 5.74) is 0. The van der Waals surface area contributed by atoms with Crippen molar-refractivity contribution in [3.63, 3.8) is 0 Å². The number of rotatable bonds is 16. The van der Waals surface area contributed by atoms with Gasteiger partial charge in [-0.3, -0.25) is 0 Å². The minimum Gasteiger partial charge on any atom is -0.398 e. The van der Waals surface area contributed by atoms with Crippen molar-refractivity contribution in [2.75, 3.05) is 6.61 Å². The second kappa shape index (κ2) is 17.5. The standard InChI is InChI=1S/2C8H17.C2H5O.Al/c2*1-3-5-7-8-6-4-2;1-2-3;/h2*1,3-8H2,2H3;3H,1-2H2;. The lowest BCUT2D eigenvalue weighted by Gasteiger charge is -2.10. The maximum Gasteiger partial charge on any atom is 0.264 e. The van der Waals surface area contributed by atoms with E-state index in [1.807, 2.05) is 0 Å². The SMILES string of the molecule is CCCCCCC[CH2][Al]([CH2]CO)[CH2]CCCCCCC. The Labute approximate surface area is 132 Å². The first kappa shape index (κ1) is 20.5. The molecule has 0 unspecified atom stereocenters. The van der Waals surface area contributed by atoms with E-state index in [2.05, 4.69) is 13.8 Å². The van der Waals surface area contributed by atoms with Crippen LogP contribution in [-0.2, 0) is 0 Å². The van der Waals surface area contributed by atoms with Crippen LogP contribution in [0, 0.1) is 0 Å². The van der Waals surface area contributed by atoms with Crippen LogP contribution >= 0.6 is 0 Å². The summed E-state index contributed by atoms with van der Waals surface area (Å²) >= 11 is -0.601. The summed E-state index contributed by atoms with van der Waals surface area (Å²) in [6.07, 6.45) is 17.0. The van der Waals surface area contributed by atoms with E-state index in [9.17, 15) is 5.11 Å². The van der Waals surface area contributed by atoms with Crippen molar-refractivity contribution in [1.29, 1.82) is 0 Å². The minimum absolute atomic E-state index is 0.447. The quantitative estimate of drug-likeness (QED) is 0.266. The van der Waals surface area contributed by atoms with Crippen LogP contribution in [0.15, 0.2) is 0 Å². The molecule has 2 heteroatoms. The van der Waals surface area contributed by atoms with Crippen LogP contribution in [0.4, 0.5) is 0 Å². The second-order valence-corrected chi connectivity index (χ2v) is 9.96. The molecule has 20 heavy (non-hydrogen) atoms. The Bertz CT molecular complexity index is 157. The molecule has 0 fully saturated rings. The maximum absolute atomic E-state index is 9.22. The molecule has 0 aliphatic rings. The zero-order chi connectivity index (χ0) is 14.9. The molecule has 0 aromatic rings. The summed E-state index contributed by atoms with van der Waals surface area (Å²) < 4.78 is 0. The minimum atomic E-state index is -0.601. The Kier molecular flexibility index (Phi) is 18.0. The molecule has 0 saturated carbocycles. The van der Waals surface area contributed by atoms with Gasteiger partial charge in [0.2, 0.25) is 0 Å². The van der Waals surface area contributed by atoms with Crippen molar-refractivity contribution < 1.29 is 5.11 Å². The first-order chi connectivity index (χ1) is 9.85. The van der Waals surface area contributed by atoms with Crippen LogP contribution in [0.1, 0.15) is 90.9 Å². The third-order valence-electron chi connectivity index (χ3n) is 4.47. The third kappa shape index (κ3) is 14.9. The van der Waals surface area contributed by atoms with Gasteiger partial charge in [0, 0.05) is 6.61 Å². The summed E-state index contributed by atoms with van der Waals surface area (Å²) in [6, 6.07) is 0. The number of aliphatic hydroxyl groups is 1. The van der Waals surface area contributed by atoms with E-state index in [0.717, 1.165) is 0 Å². The van der Waals surface area contributed by atoms with E-state index in [4.69, 9.17) is 0 Å². The van der Waals surface area contributed by atoms with Crippen molar-refractivity contribution >= 4 is 14.1 Å². The molecule has 0 saturated heterocycles. The second-order valence-electron chi connectivity index (χ2n) is 6.49. The monoisotopic (exact) mass is 298 g/mol. The van der Waals surface area contributed by atoms with E-state index in [1.54, 1.807) is 0 Å². The van der Waals surface area contributed by atoms with Gasteiger partial charge < -0.3 is 5.11 Å². The van der Waals surface area contributed by atoms with E-state index in [1.165, 1.54) is 92.9 Å². The summed E-state index contributed by atoms with van der Waals surface area (Å²) in [7, 11) is 0. The lowest BCUT2D eigenvalue weighted by atomic mass is 10.1. The molecule has 1 N–H and O–H groups in total. The van der Waals surface area contributed by atoms with Crippen molar-refractivity contribution in [3.05, 3.63) is 0 Å². The Balaban J connectivity index is 3.45. The summed E-state index contributed by atoms with van der Waals surface area (Å²) in [6.45, 7) is 5.01. The molecule has 0 atom stereocenters. The Morgan fingerprint density at radius 1 is 0.550 bits per heavy atom. The maximum atomic E-state index is 9.22. The Hall–Kier alpha value is 0.492. The molecule has 120 valence electrons. The number of aliphatic hydroxyl groups excluding tert-OH is 1. The average molecular weight is 298 g/mol. The largest absolute Gasteiger partial charge is 0.398 e. The predicted molar refractivity (Wildman–Crippen MR) is 94.0 cm³/mol. The summed E-state index contributed by atoms with van der Waals surface area (Å²) in [5.74, 6) is 0. The highest BCUT2D eigenvalue weighted by Crippen LogP contribution is 2.17. The molecule has 0 aliphatic heterocycles. The molecular formula is C18H39AlO. The Morgan fingerprint density at radius 3 is 1.35 bits per heavy atom. The number of hydrogen-bond acceptors (Lipinski definition) is 1. The molecule has 0 aromatic carbocycles. The van der Waals surface area contributed by atoms with E-state index >= 15 is 0 Å². The lowest BCUT2D eigenvalue weighted by Crippen LogP contribution is -2.13. The molecule has 0 radical (unpaired) electrons. The van der Waals surface area contributed by atoms with Crippen molar-refractivity contribution in [2.45, 2.75) is 107 Å². The van der Waals surface area contributed by atoms with Crippen LogP contribution in [0.25, 0.3) is 0 Å². The van der Waals surface area contributed by atoms with Gasteiger partial charge in [-0.25, -0.2) is 0 Å². The van der Waals surface area contributed by atoms with Crippen LogP contribution in [0.3, 0.4) is 0 Å². The highest BCUT2D eigenvalue weighted by molar-refractivity contribution is 6.58. The highest BCUT2D eigenvalue weighted by Gasteiger charge is 2.15. The van der Waals surface area contributed by atoms with Gasteiger partial charge >= 0.3 is 0 Å². The molecule has 0 amide bonds. The average Bonchev–Trinajstić information content (AvgIpc) is 2.46. The molecule has 0 aromatic heterocycles. The molecule has 0 rings (SSSR count). The van der Waals surface area contributed by atoms with Crippen molar-refractivity contribution in [2.24, 2.45) is 0 Å². The van der Waals surface area contributed by atoms with Crippen molar-refractivity contribution in [1.82, 2.24) is 0 Å². The number of hydrogen-bond donors (Lipinski definition) is 1. The fourth-order valence-electron chi connectivity index (χ4n) is 3.04. The van der Waals surface area contributed by atoms with Crippen LogP contribution in [-0.4, -0.2) is 25.9 Å². The molecule has 1 nitrogen and oxygen atoms in total. The Morgan fingerprint density at radius 2 is 0.950 bits per heavy atom. The predicted octanol–water partition coefficient (Wildman–Crippen LogP) is 6.19. The summed E-state index contributed by atoms with van der Waals surface area (Å²) in [5, 5.41) is 13.4. The van der Waals surface area contributed by atoms with Gasteiger partial charge in [0.15, 0.2) is 0 Å². The van der Waals surface area contributed by atoms with Gasteiger partial charge in [0.25, 0.3) is 14.1 Å². The molecule has 0 heterocycles. The molecule has 0 aliphatic carbocycles. The van der Waals surface area contributed by atoms with Crippen LogP contribution < -0.4 is 0 Å². The van der Waals surface area contributed by atoms with Crippen LogP contribution in [0.5, 0.6) is 0 Å². The highest BCUT2D eigenvalue weighted by atomic mass is 27.2. The molecule has 0 bridgehead atoms. The fraction of sp³-hybridized carbons (Fsp3) is 1.00. The van der Waals surface area contributed by atoms with Gasteiger partial charge in [-0.1, -0.05) is 107 Å².